The molecule has 18 heavy (non-hydrogen) atoms. The molecule has 2 rings (SSSR count). The van der Waals surface area contributed by atoms with E-state index in [1.807, 2.05) is 24.3 Å². The molecular formula is C13H17ClN2O2. The Morgan fingerprint density at radius 2 is 2.39 bits per heavy atom. The van der Waals surface area contributed by atoms with Gasteiger partial charge in [0.15, 0.2) is 0 Å². The monoisotopic (exact) mass is 268 g/mol. The third kappa shape index (κ3) is 3.37. The van der Waals surface area contributed by atoms with Crippen LogP contribution in [0.1, 0.15) is 17.9 Å². The Labute approximate surface area is 111 Å². The van der Waals surface area contributed by atoms with E-state index in [-0.39, 0.29) is 17.7 Å². The van der Waals surface area contributed by atoms with Crippen LogP contribution in [0.5, 0.6) is 0 Å². The summed E-state index contributed by atoms with van der Waals surface area (Å²) in [5, 5.41) is 15.3. The van der Waals surface area contributed by atoms with Crippen LogP contribution < -0.4 is 10.6 Å². The summed E-state index contributed by atoms with van der Waals surface area (Å²) in [5.74, 6) is 0.571. The van der Waals surface area contributed by atoms with Gasteiger partial charge in [-0.1, -0.05) is 12.1 Å². The first-order valence-electron chi connectivity index (χ1n) is 6.03. The lowest BCUT2D eigenvalue weighted by Gasteiger charge is -2.13. The maximum atomic E-state index is 11.2. The molecule has 2 atom stereocenters. The Morgan fingerprint density at radius 1 is 1.56 bits per heavy atom. The van der Waals surface area contributed by atoms with Crippen molar-refractivity contribution in [2.24, 2.45) is 0 Å². The minimum absolute atomic E-state index is 0.107. The number of benzene rings is 1. The maximum absolute atomic E-state index is 11.2. The van der Waals surface area contributed by atoms with E-state index in [1.54, 1.807) is 0 Å². The number of alkyl halides is 1. The third-order valence-electron chi connectivity index (χ3n) is 3.06. The topological polar surface area (TPSA) is 61.4 Å². The van der Waals surface area contributed by atoms with Crippen molar-refractivity contribution in [3.8, 4) is 0 Å². The molecule has 3 N–H and O–H groups in total. The number of aliphatic hydroxyl groups is 1. The molecule has 5 heteroatoms. The molecule has 1 aromatic carbocycles. The standard InChI is InChI=1S/C13H17ClN2O2/c14-6-12(17)8-15-11-3-1-2-9(4-11)10-5-13(18)16-7-10/h1-4,10,12,15,17H,5-8H2,(H,16,18). The number of amides is 1. The van der Waals surface area contributed by atoms with Gasteiger partial charge in [0, 0.05) is 31.1 Å². The lowest BCUT2D eigenvalue weighted by Crippen LogP contribution is -2.20. The molecule has 1 saturated heterocycles. The number of halogens is 1. The zero-order valence-electron chi connectivity index (χ0n) is 10.0. The molecule has 0 aliphatic carbocycles. The highest BCUT2D eigenvalue weighted by atomic mass is 35.5. The minimum atomic E-state index is -0.551. The summed E-state index contributed by atoms with van der Waals surface area (Å²) in [5.41, 5.74) is 2.08. The fourth-order valence-corrected chi connectivity index (χ4v) is 2.14. The number of hydrogen-bond acceptors (Lipinski definition) is 3. The predicted molar refractivity (Wildman–Crippen MR) is 72.0 cm³/mol. The van der Waals surface area contributed by atoms with Crippen LogP contribution in [-0.2, 0) is 4.79 Å². The van der Waals surface area contributed by atoms with Crippen LogP contribution in [-0.4, -0.2) is 36.1 Å². The van der Waals surface area contributed by atoms with Gasteiger partial charge < -0.3 is 15.7 Å². The van der Waals surface area contributed by atoms with Crippen LogP contribution in [0.4, 0.5) is 5.69 Å². The summed E-state index contributed by atoms with van der Waals surface area (Å²) in [6, 6.07) is 7.93. The number of aliphatic hydroxyl groups excluding tert-OH is 1. The van der Waals surface area contributed by atoms with Crippen molar-refractivity contribution in [2.75, 3.05) is 24.3 Å². The SMILES string of the molecule is O=C1CC(c2cccc(NCC(O)CCl)c2)CN1. The zero-order chi connectivity index (χ0) is 13.0. The van der Waals surface area contributed by atoms with Gasteiger partial charge in [-0.3, -0.25) is 4.79 Å². The highest BCUT2D eigenvalue weighted by molar-refractivity contribution is 6.18. The molecular weight excluding hydrogens is 252 g/mol. The summed E-state index contributed by atoms with van der Waals surface area (Å²) in [6.45, 7) is 1.13. The van der Waals surface area contributed by atoms with E-state index in [9.17, 15) is 9.90 Å². The second-order valence-electron chi connectivity index (χ2n) is 4.52. The highest BCUT2D eigenvalue weighted by Crippen LogP contribution is 2.25. The van der Waals surface area contributed by atoms with Gasteiger partial charge in [-0.25, -0.2) is 0 Å². The molecule has 0 aromatic heterocycles. The Hall–Kier alpha value is -1.26. The number of rotatable bonds is 5. The predicted octanol–water partition coefficient (Wildman–Crippen LogP) is 1.30. The molecule has 1 fully saturated rings. The van der Waals surface area contributed by atoms with Crippen molar-refractivity contribution in [1.82, 2.24) is 5.32 Å². The molecule has 98 valence electrons. The number of anilines is 1. The molecule has 0 spiro atoms. The van der Waals surface area contributed by atoms with Gasteiger partial charge in [0.1, 0.15) is 0 Å². The van der Waals surface area contributed by atoms with Gasteiger partial charge in [0.05, 0.1) is 12.0 Å². The van der Waals surface area contributed by atoms with E-state index in [1.165, 1.54) is 0 Å². The first-order valence-corrected chi connectivity index (χ1v) is 6.57. The van der Waals surface area contributed by atoms with Crippen LogP contribution in [0.25, 0.3) is 0 Å². The summed E-state index contributed by atoms with van der Waals surface area (Å²) in [4.78, 5) is 11.2. The minimum Gasteiger partial charge on any atom is -0.390 e. The quantitative estimate of drug-likeness (QED) is 0.706. The number of carbonyl (C=O) groups is 1. The van der Waals surface area contributed by atoms with Crippen molar-refractivity contribution < 1.29 is 9.90 Å². The smallest absolute Gasteiger partial charge is 0.220 e. The molecule has 0 radical (unpaired) electrons. The molecule has 1 amide bonds. The van der Waals surface area contributed by atoms with Gasteiger partial charge >= 0.3 is 0 Å². The lowest BCUT2D eigenvalue weighted by atomic mass is 9.98. The molecule has 1 heterocycles. The second-order valence-corrected chi connectivity index (χ2v) is 4.83. The number of carbonyl (C=O) groups excluding carboxylic acids is 1. The molecule has 4 nitrogen and oxygen atoms in total. The van der Waals surface area contributed by atoms with Gasteiger partial charge in [0.2, 0.25) is 5.91 Å². The number of hydrogen-bond donors (Lipinski definition) is 3. The highest BCUT2D eigenvalue weighted by Gasteiger charge is 2.22. The van der Waals surface area contributed by atoms with E-state index >= 15 is 0 Å². The Morgan fingerprint density at radius 3 is 3.06 bits per heavy atom. The van der Waals surface area contributed by atoms with Crippen molar-refractivity contribution in [3.63, 3.8) is 0 Å². The van der Waals surface area contributed by atoms with Crippen LogP contribution in [0, 0.1) is 0 Å². The van der Waals surface area contributed by atoms with E-state index in [2.05, 4.69) is 10.6 Å². The average Bonchev–Trinajstić information content (AvgIpc) is 2.83. The van der Waals surface area contributed by atoms with Crippen LogP contribution in [0.3, 0.4) is 0 Å². The van der Waals surface area contributed by atoms with Crippen molar-refractivity contribution in [1.29, 1.82) is 0 Å². The van der Waals surface area contributed by atoms with Crippen molar-refractivity contribution >= 4 is 23.2 Å². The average molecular weight is 269 g/mol. The third-order valence-corrected chi connectivity index (χ3v) is 3.41. The first-order chi connectivity index (χ1) is 8.69. The van der Waals surface area contributed by atoms with E-state index in [4.69, 9.17) is 11.6 Å². The molecule has 1 aliphatic rings. The van der Waals surface area contributed by atoms with Crippen LogP contribution in [0.2, 0.25) is 0 Å². The van der Waals surface area contributed by atoms with Gasteiger partial charge in [-0.05, 0) is 17.7 Å². The van der Waals surface area contributed by atoms with Gasteiger partial charge in [-0.2, -0.15) is 0 Å². The van der Waals surface area contributed by atoms with E-state index < -0.39 is 6.10 Å². The Kier molecular flexibility index (Phi) is 4.44. The molecule has 2 unspecified atom stereocenters. The van der Waals surface area contributed by atoms with Crippen LogP contribution >= 0.6 is 11.6 Å². The van der Waals surface area contributed by atoms with Crippen LogP contribution in [0.15, 0.2) is 24.3 Å². The Balaban J connectivity index is 1.99. The maximum Gasteiger partial charge on any atom is 0.220 e. The summed E-state index contributed by atoms with van der Waals surface area (Å²) in [7, 11) is 0. The van der Waals surface area contributed by atoms with E-state index in [0.717, 1.165) is 11.3 Å². The summed E-state index contributed by atoms with van der Waals surface area (Å²) >= 11 is 5.53. The zero-order valence-corrected chi connectivity index (χ0v) is 10.8. The fourth-order valence-electron chi connectivity index (χ4n) is 2.03. The normalized spacial score (nSPS) is 20.6. The summed E-state index contributed by atoms with van der Waals surface area (Å²) < 4.78 is 0. The second kappa shape index (κ2) is 6.07. The van der Waals surface area contributed by atoms with Crippen molar-refractivity contribution in [2.45, 2.75) is 18.4 Å². The first kappa shape index (κ1) is 13.2. The largest absolute Gasteiger partial charge is 0.390 e. The molecule has 0 bridgehead atoms. The number of nitrogens with one attached hydrogen (secondary N) is 2. The van der Waals surface area contributed by atoms with Crippen molar-refractivity contribution in [3.05, 3.63) is 29.8 Å². The summed E-state index contributed by atoms with van der Waals surface area (Å²) in [6.07, 6.45) is -0.00152. The van der Waals surface area contributed by atoms with E-state index in [0.29, 0.717) is 19.5 Å². The lowest BCUT2D eigenvalue weighted by molar-refractivity contribution is -0.119. The molecule has 1 aromatic rings. The van der Waals surface area contributed by atoms with Gasteiger partial charge in [-0.15, -0.1) is 11.6 Å². The Bertz CT molecular complexity index is 425. The van der Waals surface area contributed by atoms with Gasteiger partial charge in [0.25, 0.3) is 0 Å². The fraction of sp³-hybridized carbons (Fsp3) is 0.462. The molecule has 0 saturated carbocycles. The molecule has 1 aliphatic heterocycles.